The molecular weight excluding hydrogens is 285 g/mol. The highest BCUT2D eigenvalue weighted by Gasteiger charge is 2.31. The van der Waals surface area contributed by atoms with Gasteiger partial charge in [0.2, 0.25) is 5.82 Å². The average Bonchev–Trinajstić information content (AvgIpc) is 3.09. The SMILES string of the molecule is O=c1n(Cc2ccc(F)cc2)nc(-c2ccco2)n1C1CC1. The molecule has 0 unspecified atom stereocenters. The van der Waals surface area contributed by atoms with Crippen molar-refractivity contribution in [1.29, 1.82) is 0 Å². The molecule has 0 saturated heterocycles. The summed E-state index contributed by atoms with van der Waals surface area (Å²) in [5.41, 5.74) is 0.674. The molecule has 3 aromatic rings. The zero-order chi connectivity index (χ0) is 15.1. The van der Waals surface area contributed by atoms with Crippen LogP contribution in [0.1, 0.15) is 24.4 Å². The summed E-state index contributed by atoms with van der Waals surface area (Å²) in [6.07, 6.45) is 3.53. The van der Waals surface area contributed by atoms with Crippen molar-refractivity contribution in [2.24, 2.45) is 0 Å². The van der Waals surface area contributed by atoms with Gasteiger partial charge in [-0.25, -0.2) is 13.9 Å². The van der Waals surface area contributed by atoms with Gasteiger partial charge in [0.25, 0.3) is 0 Å². The number of halogens is 1. The van der Waals surface area contributed by atoms with E-state index in [0.717, 1.165) is 18.4 Å². The lowest BCUT2D eigenvalue weighted by Crippen LogP contribution is -2.25. The summed E-state index contributed by atoms with van der Waals surface area (Å²) >= 11 is 0. The van der Waals surface area contributed by atoms with Gasteiger partial charge in [0.1, 0.15) is 5.82 Å². The summed E-state index contributed by atoms with van der Waals surface area (Å²) in [5.74, 6) is 0.845. The smallest absolute Gasteiger partial charge is 0.346 e. The molecule has 4 rings (SSSR count). The minimum atomic E-state index is -0.295. The summed E-state index contributed by atoms with van der Waals surface area (Å²) < 4.78 is 21.5. The molecule has 2 heterocycles. The van der Waals surface area contributed by atoms with Gasteiger partial charge in [-0.3, -0.25) is 4.57 Å². The van der Waals surface area contributed by atoms with Gasteiger partial charge in [-0.15, -0.1) is 5.10 Å². The molecule has 1 aliphatic rings. The number of hydrogen-bond acceptors (Lipinski definition) is 3. The van der Waals surface area contributed by atoms with Gasteiger partial charge < -0.3 is 4.42 Å². The Hall–Kier alpha value is -2.63. The molecule has 0 atom stereocenters. The van der Waals surface area contributed by atoms with Gasteiger partial charge in [-0.1, -0.05) is 12.1 Å². The third-order valence-electron chi connectivity index (χ3n) is 3.77. The quantitative estimate of drug-likeness (QED) is 0.744. The topological polar surface area (TPSA) is 53.0 Å². The Balaban J connectivity index is 1.75. The van der Waals surface area contributed by atoms with Crippen LogP contribution in [0.3, 0.4) is 0 Å². The summed E-state index contributed by atoms with van der Waals surface area (Å²) in [6, 6.07) is 9.85. The fourth-order valence-electron chi connectivity index (χ4n) is 2.52. The van der Waals surface area contributed by atoms with Crippen LogP contribution in [0.25, 0.3) is 11.6 Å². The Labute approximate surface area is 125 Å². The lowest BCUT2D eigenvalue weighted by molar-refractivity contribution is 0.568. The Morgan fingerprint density at radius 1 is 1.23 bits per heavy atom. The third kappa shape index (κ3) is 2.26. The van der Waals surface area contributed by atoms with Crippen LogP contribution in [-0.4, -0.2) is 14.3 Å². The maximum atomic E-state index is 13.0. The van der Waals surface area contributed by atoms with Crippen molar-refractivity contribution in [3.05, 3.63) is 64.5 Å². The zero-order valence-corrected chi connectivity index (χ0v) is 11.8. The second-order valence-electron chi connectivity index (χ2n) is 5.47. The average molecular weight is 299 g/mol. The monoisotopic (exact) mass is 299 g/mol. The van der Waals surface area contributed by atoms with Crippen LogP contribution in [-0.2, 0) is 6.54 Å². The van der Waals surface area contributed by atoms with E-state index in [4.69, 9.17) is 4.42 Å². The van der Waals surface area contributed by atoms with E-state index < -0.39 is 0 Å². The first kappa shape index (κ1) is 13.1. The van der Waals surface area contributed by atoms with E-state index >= 15 is 0 Å². The van der Waals surface area contributed by atoms with E-state index in [9.17, 15) is 9.18 Å². The highest BCUT2D eigenvalue weighted by molar-refractivity contribution is 5.46. The first-order chi connectivity index (χ1) is 10.7. The molecule has 112 valence electrons. The molecule has 0 aliphatic heterocycles. The number of nitrogens with zero attached hydrogens (tertiary/aromatic N) is 3. The Morgan fingerprint density at radius 3 is 2.64 bits per heavy atom. The number of furan rings is 1. The Morgan fingerprint density at radius 2 is 2.00 bits per heavy atom. The molecule has 22 heavy (non-hydrogen) atoms. The van der Waals surface area contributed by atoms with Gasteiger partial charge >= 0.3 is 5.69 Å². The normalized spacial score (nSPS) is 14.4. The third-order valence-corrected chi connectivity index (χ3v) is 3.77. The largest absolute Gasteiger partial charge is 0.461 e. The number of benzene rings is 1. The van der Waals surface area contributed by atoms with E-state index in [1.165, 1.54) is 16.8 Å². The molecule has 5 nitrogen and oxygen atoms in total. The fourth-order valence-corrected chi connectivity index (χ4v) is 2.52. The molecule has 0 amide bonds. The van der Waals surface area contributed by atoms with Crippen molar-refractivity contribution < 1.29 is 8.81 Å². The number of rotatable bonds is 4. The minimum Gasteiger partial charge on any atom is -0.461 e. The second kappa shape index (κ2) is 4.98. The van der Waals surface area contributed by atoms with E-state index in [1.54, 1.807) is 35.1 Å². The van der Waals surface area contributed by atoms with Crippen LogP contribution in [0.5, 0.6) is 0 Å². The van der Waals surface area contributed by atoms with Crippen LogP contribution in [0.15, 0.2) is 51.9 Å². The van der Waals surface area contributed by atoms with Crippen molar-refractivity contribution in [2.75, 3.05) is 0 Å². The maximum Gasteiger partial charge on any atom is 0.346 e. The van der Waals surface area contributed by atoms with Crippen LogP contribution in [0.4, 0.5) is 4.39 Å². The van der Waals surface area contributed by atoms with Crippen molar-refractivity contribution in [3.8, 4) is 11.6 Å². The molecule has 1 saturated carbocycles. The summed E-state index contributed by atoms with van der Waals surface area (Å²) in [7, 11) is 0. The first-order valence-corrected chi connectivity index (χ1v) is 7.20. The van der Waals surface area contributed by atoms with Gasteiger partial charge in [-0.2, -0.15) is 0 Å². The highest BCUT2D eigenvalue weighted by atomic mass is 19.1. The van der Waals surface area contributed by atoms with E-state index in [-0.39, 0.29) is 17.5 Å². The molecule has 1 fully saturated rings. The predicted molar refractivity (Wildman–Crippen MR) is 78.0 cm³/mol. The molecule has 0 radical (unpaired) electrons. The number of hydrogen-bond donors (Lipinski definition) is 0. The summed E-state index contributed by atoms with van der Waals surface area (Å²) in [6.45, 7) is 0.312. The Kier molecular flexibility index (Phi) is 2.96. The predicted octanol–water partition coefficient (Wildman–Crippen LogP) is 2.83. The van der Waals surface area contributed by atoms with Gasteiger partial charge in [0.15, 0.2) is 5.76 Å². The molecule has 1 aromatic carbocycles. The molecule has 0 bridgehead atoms. The summed E-state index contributed by atoms with van der Waals surface area (Å²) in [5, 5.41) is 4.41. The van der Waals surface area contributed by atoms with E-state index in [1.807, 2.05) is 0 Å². The van der Waals surface area contributed by atoms with Gasteiger partial charge in [-0.05, 0) is 42.7 Å². The van der Waals surface area contributed by atoms with Crippen molar-refractivity contribution in [2.45, 2.75) is 25.4 Å². The molecule has 2 aromatic heterocycles. The lowest BCUT2D eigenvalue weighted by atomic mass is 10.2. The Bertz CT molecular complexity index is 843. The van der Waals surface area contributed by atoms with Crippen molar-refractivity contribution >= 4 is 0 Å². The second-order valence-corrected chi connectivity index (χ2v) is 5.47. The number of aromatic nitrogens is 3. The zero-order valence-electron chi connectivity index (χ0n) is 11.8. The molecule has 6 heteroatoms. The molecule has 1 aliphatic carbocycles. The first-order valence-electron chi connectivity index (χ1n) is 7.20. The van der Waals surface area contributed by atoms with Crippen molar-refractivity contribution in [1.82, 2.24) is 14.3 Å². The van der Waals surface area contributed by atoms with E-state index in [0.29, 0.717) is 18.1 Å². The van der Waals surface area contributed by atoms with Crippen LogP contribution in [0, 0.1) is 5.82 Å². The minimum absolute atomic E-state index is 0.154. The van der Waals surface area contributed by atoms with Crippen LogP contribution < -0.4 is 5.69 Å². The van der Waals surface area contributed by atoms with Crippen LogP contribution in [0.2, 0.25) is 0 Å². The molecule has 0 N–H and O–H groups in total. The maximum absolute atomic E-state index is 13.0. The standard InChI is InChI=1S/C16H14FN3O2/c17-12-5-3-11(4-6-12)10-19-16(21)20(13-7-8-13)15(18-19)14-2-1-9-22-14/h1-6,9,13H,7-8,10H2. The van der Waals surface area contributed by atoms with Crippen molar-refractivity contribution in [3.63, 3.8) is 0 Å². The van der Waals surface area contributed by atoms with Gasteiger partial charge in [0, 0.05) is 6.04 Å². The molecular formula is C16H14FN3O2. The lowest BCUT2D eigenvalue weighted by Gasteiger charge is -2.00. The van der Waals surface area contributed by atoms with Gasteiger partial charge in [0.05, 0.1) is 12.8 Å². The molecule has 0 spiro atoms. The fraction of sp³-hybridized carbons (Fsp3) is 0.250. The van der Waals surface area contributed by atoms with Crippen LogP contribution >= 0.6 is 0 Å². The highest BCUT2D eigenvalue weighted by Crippen LogP contribution is 2.36. The summed E-state index contributed by atoms with van der Waals surface area (Å²) in [4.78, 5) is 12.6. The van der Waals surface area contributed by atoms with E-state index in [2.05, 4.69) is 5.10 Å².